The summed E-state index contributed by atoms with van der Waals surface area (Å²) in [5.41, 5.74) is 1.10. The Morgan fingerprint density at radius 3 is 2.63 bits per heavy atom. The summed E-state index contributed by atoms with van der Waals surface area (Å²) < 4.78 is 2.37. The number of halogens is 1. The Labute approximate surface area is 126 Å². The Kier molecular flexibility index (Phi) is 3.78. The fourth-order valence-electron chi connectivity index (χ4n) is 2.45. The number of aromatic nitrogens is 1. The van der Waals surface area contributed by atoms with Crippen LogP contribution in [0.4, 0.5) is 5.13 Å². The third-order valence-electron chi connectivity index (χ3n) is 3.65. The van der Waals surface area contributed by atoms with Gasteiger partial charge >= 0.3 is 0 Å². The average Bonchev–Trinajstić information content (AvgIpc) is 2.81. The summed E-state index contributed by atoms with van der Waals surface area (Å²) in [7, 11) is 0. The van der Waals surface area contributed by atoms with E-state index in [1.807, 2.05) is 0 Å². The molecule has 0 unspecified atom stereocenters. The van der Waals surface area contributed by atoms with Gasteiger partial charge in [-0.25, -0.2) is 4.98 Å². The maximum absolute atomic E-state index is 4.76. The van der Waals surface area contributed by atoms with Crippen molar-refractivity contribution >= 4 is 42.6 Å². The number of anilines is 1. The SMILES string of the molecule is CC(C)N1CCN(c2nc3cc(Br)ccc3s2)CC1. The summed E-state index contributed by atoms with van der Waals surface area (Å²) in [6.07, 6.45) is 0. The van der Waals surface area contributed by atoms with E-state index in [-0.39, 0.29) is 0 Å². The Bertz CT molecular complexity index is 573. The van der Waals surface area contributed by atoms with Crippen molar-refractivity contribution in [1.82, 2.24) is 9.88 Å². The second kappa shape index (κ2) is 5.38. The van der Waals surface area contributed by atoms with Crippen LogP contribution in [0.2, 0.25) is 0 Å². The van der Waals surface area contributed by atoms with Gasteiger partial charge in [0, 0.05) is 36.7 Å². The zero-order valence-electron chi connectivity index (χ0n) is 11.3. The monoisotopic (exact) mass is 339 g/mol. The van der Waals surface area contributed by atoms with Crippen LogP contribution in [0.5, 0.6) is 0 Å². The Morgan fingerprint density at radius 1 is 1.21 bits per heavy atom. The number of hydrogen-bond acceptors (Lipinski definition) is 4. The summed E-state index contributed by atoms with van der Waals surface area (Å²) in [5, 5.41) is 1.16. The molecule has 3 rings (SSSR count). The Morgan fingerprint density at radius 2 is 1.95 bits per heavy atom. The van der Waals surface area contributed by atoms with Crippen molar-refractivity contribution in [2.45, 2.75) is 19.9 Å². The van der Waals surface area contributed by atoms with Crippen molar-refractivity contribution in [1.29, 1.82) is 0 Å². The lowest BCUT2D eigenvalue weighted by Gasteiger charge is -2.36. The molecule has 2 aromatic rings. The number of nitrogens with zero attached hydrogens (tertiary/aromatic N) is 3. The van der Waals surface area contributed by atoms with Crippen LogP contribution >= 0.6 is 27.3 Å². The highest BCUT2D eigenvalue weighted by molar-refractivity contribution is 9.10. The third kappa shape index (κ3) is 2.78. The van der Waals surface area contributed by atoms with E-state index in [1.165, 1.54) is 4.70 Å². The molecule has 2 heterocycles. The largest absolute Gasteiger partial charge is 0.345 e. The predicted molar refractivity (Wildman–Crippen MR) is 86.2 cm³/mol. The van der Waals surface area contributed by atoms with Gasteiger partial charge in [-0.1, -0.05) is 27.3 Å². The second-order valence-electron chi connectivity index (χ2n) is 5.23. The van der Waals surface area contributed by atoms with Crippen molar-refractivity contribution in [2.24, 2.45) is 0 Å². The van der Waals surface area contributed by atoms with E-state index in [0.29, 0.717) is 6.04 Å². The molecule has 1 aromatic heterocycles. The van der Waals surface area contributed by atoms with Crippen LogP contribution < -0.4 is 4.90 Å². The molecular weight excluding hydrogens is 322 g/mol. The lowest BCUT2D eigenvalue weighted by Crippen LogP contribution is -2.48. The molecule has 0 atom stereocenters. The van der Waals surface area contributed by atoms with Gasteiger partial charge in [-0.05, 0) is 32.0 Å². The first-order valence-electron chi connectivity index (χ1n) is 6.68. The fourth-order valence-corrected chi connectivity index (χ4v) is 3.80. The van der Waals surface area contributed by atoms with Crippen molar-refractivity contribution < 1.29 is 0 Å². The van der Waals surface area contributed by atoms with Crippen LogP contribution in [0.3, 0.4) is 0 Å². The quantitative estimate of drug-likeness (QED) is 0.833. The lowest BCUT2D eigenvalue weighted by atomic mass is 10.2. The van der Waals surface area contributed by atoms with E-state index in [1.54, 1.807) is 11.3 Å². The molecule has 1 fully saturated rings. The molecule has 0 spiro atoms. The van der Waals surface area contributed by atoms with Crippen molar-refractivity contribution in [2.75, 3.05) is 31.1 Å². The van der Waals surface area contributed by atoms with E-state index in [0.717, 1.165) is 41.3 Å². The summed E-state index contributed by atoms with van der Waals surface area (Å²) in [6, 6.07) is 6.97. The van der Waals surface area contributed by atoms with Crippen LogP contribution in [0.15, 0.2) is 22.7 Å². The number of fused-ring (bicyclic) bond motifs is 1. The number of thiazole rings is 1. The first-order valence-corrected chi connectivity index (χ1v) is 8.29. The molecule has 0 amide bonds. The van der Waals surface area contributed by atoms with Crippen molar-refractivity contribution in [3.63, 3.8) is 0 Å². The van der Waals surface area contributed by atoms with E-state index in [2.05, 4.69) is 57.8 Å². The first-order chi connectivity index (χ1) is 9.13. The minimum Gasteiger partial charge on any atom is -0.345 e. The summed E-state index contributed by atoms with van der Waals surface area (Å²) >= 11 is 5.30. The average molecular weight is 340 g/mol. The Hall–Kier alpha value is -0.650. The van der Waals surface area contributed by atoms with Crippen LogP contribution in [-0.2, 0) is 0 Å². The molecule has 0 bridgehead atoms. The number of rotatable bonds is 2. The van der Waals surface area contributed by atoms with Crippen molar-refractivity contribution in [3.05, 3.63) is 22.7 Å². The maximum Gasteiger partial charge on any atom is 0.186 e. The molecule has 102 valence electrons. The highest BCUT2D eigenvalue weighted by Gasteiger charge is 2.21. The van der Waals surface area contributed by atoms with E-state index < -0.39 is 0 Å². The molecule has 0 radical (unpaired) electrons. The molecule has 1 aliphatic rings. The summed E-state index contributed by atoms with van der Waals surface area (Å²) in [5.74, 6) is 0. The predicted octanol–water partition coefficient (Wildman–Crippen LogP) is 3.59. The van der Waals surface area contributed by atoms with Gasteiger partial charge < -0.3 is 4.90 Å². The van der Waals surface area contributed by atoms with Gasteiger partial charge in [-0.15, -0.1) is 0 Å². The molecular formula is C14H18BrN3S. The molecule has 19 heavy (non-hydrogen) atoms. The molecule has 1 aromatic carbocycles. The fraction of sp³-hybridized carbons (Fsp3) is 0.500. The lowest BCUT2D eigenvalue weighted by molar-refractivity contribution is 0.209. The van der Waals surface area contributed by atoms with Gasteiger partial charge in [-0.3, -0.25) is 4.90 Å². The zero-order chi connectivity index (χ0) is 13.4. The van der Waals surface area contributed by atoms with Crippen LogP contribution in [0.25, 0.3) is 10.2 Å². The summed E-state index contributed by atoms with van der Waals surface area (Å²) in [4.78, 5) is 9.71. The van der Waals surface area contributed by atoms with Crippen LogP contribution in [0.1, 0.15) is 13.8 Å². The maximum atomic E-state index is 4.76. The number of hydrogen-bond donors (Lipinski definition) is 0. The minimum atomic E-state index is 0.647. The number of piperazine rings is 1. The first kappa shape index (κ1) is 13.3. The van der Waals surface area contributed by atoms with Gasteiger partial charge in [0.1, 0.15) is 0 Å². The van der Waals surface area contributed by atoms with Crippen LogP contribution in [-0.4, -0.2) is 42.1 Å². The topological polar surface area (TPSA) is 19.4 Å². The van der Waals surface area contributed by atoms with Gasteiger partial charge in [0.05, 0.1) is 10.2 Å². The highest BCUT2D eigenvalue weighted by Crippen LogP contribution is 2.31. The Balaban J connectivity index is 1.78. The van der Waals surface area contributed by atoms with Crippen molar-refractivity contribution in [3.8, 4) is 0 Å². The second-order valence-corrected chi connectivity index (χ2v) is 7.15. The molecule has 3 nitrogen and oxygen atoms in total. The molecule has 0 N–H and O–H groups in total. The highest BCUT2D eigenvalue weighted by atomic mass is 79.9. The minimum absolute atomic E-state index is 0.647. The van der Waals surface area contributed by atoms with Gasteiger partial charge in [0.25, 0.3) is 0 Å². The van der Waals surface area contributed by atoms with Gasteiger partial charge in [0.2, 0.25) is 0 Å². The molecule has 0 saturated carbocycles. The van der Waals surface area contributed by atoms with E-state index in [9.17, 15) is 0 Å². The number of benzene rings is 1. The normalized spacial score (nSPS) is 17.6. The molecule has 0 aliphatic carbocycles. The summed E-state index contributed by atoms with van der Waals surface area (Å²) in [6.45, 7) is 8.97. The molecule has 1 saturated heterocycles. The molecule has 5 heteroatoms. The third-order valence-corrected chi connectivity index (χ3v) is 5.24. The van der Waals surface area contributed by atoms with Crippen LogP contribution in [0, 0.1) is 0 Å². The van der Waals surface area contributed by atoms with Gasteiger partial charge in [0.15, 0.2) is 5.13 Å². The van der Waals surface area contributed by atoms with E-state index >= 15 is 0 Å². The zero-order valence-corrected chi connectivity index (χ0v) is 13.7. The van der Waals surface area contributed by atoms with Gasteiger partial charge in [-0.2, -0.15) is 0 Å². The molecule has 1 aliphatic heterocycles. The smallest absolute Gasteiger partial charge is 0.186 e. The standard InChI is InChI=1S/C14H18BrN3S/c1-10(2)17-5-7-18(8-6-17)14-16-12-9-11(15)3-4-13(12)19-14/h3-4,9-10H,5-8H2,1-2H3. The van der Waals surface area contributed by atoms with E-state index in [4.69, 9.17) is 4.98 Å².